The van der Waals surface area contributed by atoms with Crippen LogP contribution in [0.2, 0.25) is 0 Å². The molecule has 28 heavy (non-hydrogen) atoms. The highest BCUT2D eigenvalue weighted by atomic mass is 31.2. The molecule has 0 saturated carbocycles. The molecule has 0 aliphatic heterocycles. The molecule has 13 heteroatoms. The SMILES string of the molecule is N[C@@H](Cc1ncc[nH]1)C(=O)N[C@@H](Cc1ccc(OP(=O)(O)O)c(O)c1)C(=O)O. The summed E-state index contributed by atoms with van der Waals surface area (Å²) in [6.07, 6.45) is 2.93. The van der Waals surface area contributed by atoms with Crippen LogP contribution in [0.15, 0.2) is 30.6 Å². The van der Waals surface area contributed by atoms with E-state index in [9.17, 15) is 24.4 Å². The third-order valence-electron chi connectivity index (χ3n) is 3.60. The van der Waals surface area contributed by atoms with Crippen LogP contribution >= 0.6 is 7.82 Å². The van der Waals surface area contributed by atoms with E-state index in [-0.39, 0.29) is 18.4 Å². The predicted molar refractivity (Wildman–Crippen MR) is 94.3 cm³/mol. The number of hydrogen-bond acceptors (Lipinski definition) is 7. The van der Waals surface area contributed by atoms with Gasteiger partial charge >= 0.3 is 13.8 Å². The number of amides is 1. The first kappa shape index (κ1) is 21.4. The topological polar surface area (TPSA) is 208 Å². The number of aromatic hydroxyl groups is 1. The lowest BCUT2D eigenvalue weighted by molar-refractivity contribution is -0.142. The number of phenolic OH excluding ortho intramolecular Hbond substituents is 1. The van der Waals surface area contributed by atoms with E-state index in [1.807, 2.05) is 0 Å². The number of carboxylic acid groups (broad SMARTS) is 1. The van der Waals surface area contributed by atoms with Crippen LogP contribution < -0.4 is 15.6 Å². The van der Waals surface area contributed by atoms with Gasteiger partial charge in [-0.25, -0.2) is 14.3 Å². The Bertz CT molecular complexity index is 882. The lowest BCUT2D eigenvalue weighted by Crippen LogP contribution is -2.50. The molecule has 0 fully saturated rings. The van der Waals surface area contributed by atoms with Crippen LogP contribution in [0.1, 0.15) is 11.4 Å². The molecule has 1 aromatic heterocycles. The van der Waals surface area contributed by atoms with Crippen LogP contribution in [-0.2, 0) is 27.0 Å². The molecule has 1 amide bonds. The van der Waals surface area contributed by atoms with Gasteiger partial charge in [-0.05, 0) is 17.7 Å². The van der Waals surface area contributed by atoms with Crippen LogP contribution in [0.3, 0.4) is 0 Å². The number of rotatable bonds is 9. The average Bonchev–Trinajstić information content (AvgIpc) is 3.08. The Kier molecular flexibility index (Phi) is 6.75. The van der Waals surface area contributed by atoms with Crippen molar-refractivity contribution in [3.8, 4) is 11.5 Å². The number of H-pyrrole nitrogens is 1. The minimum atomic E-state index is -4.86. The van der Waals surface area contributed by atoms with Crippen LogP contribution in [0.5, 0.6) is 11.5 Å². The monoisotopic (exact) mass is 414 g/mol. The summed E-state index contributed by atoms with van der Waals surface area (Å²) in [6, 6.07) is 1.09. The zero-order valence-corrected chi connectivity index (χ0v) is 15.2. The van der Waals surface area contributed by atoms with Crippen LogP contribution in [0.25, 0.3) is 0 Å². The normalized spacial score (nSPS) is 13.5. The van der Waals surface area contributed by atoms with Gasteiger partial charge in [-0.2, -0.15) is 0 Å². The van der Waals surface area contributed by atoms with Gasteiger partial charge < -0.3 is 30.8 Å². The highest BCUT2D eigenvalue weighted by molar-refractivity contribution is 7.46. The summed E-state index contributed by atoms with van der Waals surface area (Å²) in [5, 5.41) is 21.4. The number of hydrogen-bond donors (Lipinski definition) is 7. The third-order valence-corrected chi connectivity index (χ3v) is 4.03. The summed E-state index contributed by atoms with van der Waals surface area (Å²) in [6.45, 7) is 0. The molecule has 2 aromatic rings. The van der Waals surface area contributed by atoms with Crippen molar-refractivity contribution in [3.05, 3.63) is 42.0 Å². The van der Waals surface area contributed by atoms with Crippen molar-refractivity contribution in [2.45, 2.75) is 24.9 Å². The van der Waals surface area contributed by atoms with E-state index in [0.29, 0.717) is 5.82 Å². The number of nitrogens with zero attached hydrogens (tertiary/aromatic N) is 1. The Labute approximate surface area is 158 Å². The number of benzene rings is 1. The zero-order valence-electron chi connectivity index (χ0n) is 14.3. The Balaban J connectivity index is 2.04. The lowest BCUT2D eigenvalue weighted by Gasteiger charge is -2.18. The van der Waals surface area contributed by atoms with Crippen LogP contribution in [0, 0.1) is 0 Å². The number of aromatic nitrogens is 2. The van der Waals surface area contributed by atoms with E-state index in [1.165, 1.54) is 12.3 Å². The Morgan fingerprint density at radius 1 is 1.32 bits per heavy atom. The molecule has 1 aromatic carbocycles. The van der Waals surface area contributed by atoms with Gasteiger partial charge in [0.15, 0.2) is 11.5 Å². The largest absolute Gasteiger partial charge is 0.524 e. The number of phosphoric ester groups is 1. The summed E-state index contributed by atoms with van der Waals surface area (Å²) in [4.78, 5) is 47.8. The minimum absolute atomic E-state index is 0.0837. The van der Waals surface area contributed by atoms with Crippen LogP contribution in [0.4, 0.5) is 0 Å². The van der Waals surface area contributed by atoms with Gasteiger partial charge in [0.25, 0.3) is 0 Å². The predicted octanol–water partition coefficient (Wildman–Crippen LogP) is -0.731. The molecule has 12 nitrogen and oxygen atoms in total. The van der Waals surface area contributed by atoms with Crippen molar-refractivity contribution in [1.29, 1.82) is 0 Å². The first-order valence-corrected chi connectivity index (χ1v) is 9.42. The highest BCUT2D eigenvalue weighted by Gasteiger charge is 2.25. The van der Waals surface area contributed by atoms with Crippen molar-refractivity contribution in [1.82, 2.24) is 15.3 Å². The Morgan fingerprint density at radius 3 is 2.57 bits per heavy atom. The summed E-state index contributed by atoms with van der Waals surface area (Å²) >= 11 is 0. The number of aromatic amines is 1. The zero-order chi connectivity index (χ0) is 20.9. The first-order valence-electron chi connectivity index (χ1n) is 7.89. The number of nitrogens with two attached hydrogens (primary N) is 1. The van der Waals surface area contributed by atoms with E-state index in [4.69, 9.17) is 15.5 Å². The number of carbonyl (C=O) groups excluding carboxylic acids is 1. The fraction of sp³-hybridized carbons (Fsp3) is 0.267. The molecule has 0 radical (unpaired) electrons. The summed E-state index contributed by atoms with van der Waals surface area (Å²) in [5.41, 5.74) is 6.04. The molecule has 152 valence electrons. The molecule has 0 aliphatic rings. The molecule has 1 heterocycles. The molecule has 2 rings (SSSR count). The Morgan fingerprint density at radius 2 is 2.04 bits per heavy atom. The molecular weight excluding hydrogens is 395 g/mol. The van der Waals surface area contributed by atoms with Crippen molar-refractivity contribution in [2.24, 2.45) is 5.73 Å². The van der Waals surface area contributed by atoms with Gasteiger partial charge in [0.2, 0.25) is 5.91 Å². The van der Waals surface area contributed by atoms with Gasteiger partial charge in [-0.15, -0.1) is 0 Å². The summed E-state index contributed by atoms with van der Waals surface area (Å²) < 4.78 is 15.1. The van der Waals surface area contributed by atoms with E-state index in [2.05, 4.69) is 19.8 Å². The van der Waals surface area contributed by atoms with Crippen molar-refractivity contribution >= 4 is 19.7 Å². The third kappa shape index (κ3) is 6.35. The number of carbonyl (C=O) groups is 2. The maximum Gasteiger partial charge on any atom is 0.524 e. The Hall–Kier alpha value is -2.92. The second kappa shape index (κ2) is 8.85. The molecule has 0 aliphatic carbocycles. The maximum atomic E-state index is 12.2. The molecule has 2 atom stereocenters. The maximum absolute atomic E-state index is 12.2. The van der Waals surface area contributed by atoms with Crippen LogP contribution in [-0.4, -0.2) is 53.9 Å². The number of carboxylic acids is 1. The van der Waals surface area contributed by atoms with Gasteiger partial charge in [0.1, 0.15) is 11.9 Å². The molecule has 0 unspecified atom stereocenters. The van der Waals surface area contributed by atoms with Gasteiger partial charge in [-0.3, -0.25) is 14.6 Å². The fourth-order valence-electron chi connectivity index (χ4n) is 2.32. The highest BCUT2D eigenvalue weighted by Crippen LogP contribution is 2.41. The number of phenols is 1. The fourth-order valence-corrected chi connectivity index (χ4v) is 2.73. The minimum Gasteiger partial charge on any atom is -0.504 e. The van der Waals surface area contributed by atoms with Gasteiger partial charge in [0.05, 0.1) is 6.04 Å². The van der Waals surface area contributed by atoms with E-state index in [1.54, 1.807) is 6.20 Å². The molecule has 0 saturated heterocycles. The molecule has 0 bridgehead atoms. The van der Waals surface area contributed by atoms with E-state index in [0.717, 1.165) is 12.1 Å². The molecular formula is C15H19N4O8P. The number of phosphoric acid groups is 1. The molecule has 8 N–H and O–H groups in total. The lowest BCUT2D eigenvalue weighted by atomic mass is 10.0. The standard InChI is InChI=1S/C15H19N4O8P/c16-9(7-13-17-3-4-18-13)14(21)19-10(15(22)23)5-8-1-2-12(11(20)6-8)27-28(24,25)26/h1-4,6,9-10,20H,5,7,16H2,(H,17,18)(H,19,21)(H,22,23)(H2,24,25,26)/t9-,10-/m0/s1. The second-order valence-corrected chi connectivity index (χ2v) is 7.00. The van der Waals surface area contributed by atoms with Crippen molar-refractivity contribution < 1.29 is 38.7 Å². The number of aliphatic carboxylic acids is 1. The summed E-state index contributed by atoms with van der Waals surface area (Å²) in [5.74, 6) is -2.61. The van der Waals surface area contributed by atoms with Gasteiger partial charge in [0, 0.05) is 25.2 Å². The second-order valence-electron chi connectivity index (χ2n) is 5.83. The van der Waals surface area contributed by atoms with Crippen molar-refractivity contribution in [3.63, 3.8) is 0 Å². The smallest absolute Gasteiger partial charge is 0.504 e. The average molecular weight is 414 g/mol. The quantitative estimate of drug-likeness (QED) is 0.256. The molecule has 0 spiro atoms. The summed E-state index contributed by atoms with van der Waals surface area (Å²) in [7, 11) is -4.86. The number of nitrogens with one attached hydrogen (secondary N) is 2. The van der Waals surface area contributed by atoms with E-state index < -0.39 is 43.3 Å². The van der Waals surface area contributed by atoms with Gasteiger partial charge in [-0.1, -0.05) is 6.07 Å². The van der Waals surface area contributed by atoms with E-state index >= 15 is 0 Å². The van der Waals surface area contributed by atoms with Crippen molar-refractivity contribution in [2.75, 3.05) is 0 Å². The first-order chi connectivity index (χ1) is 13.0. The number of imidazole rings is 1.